The van der Waals surface area contributed by atoms with Crippen LogP contribution < -0.4 is 5.32 Å². The van der Waals surface area contributed by atoms with Gasteiger partial charge in [-0.2, -0.15) is 5.10 Å². The highest BCUT2D eigenvalue weighted by molar-refractivity contribution is 7.10. The van der Waals surface area contributed by atoms with E-state index in [0.29, 0.717) is 0 Å². The van der Waals surface area contributed by atoms with Crippen molar-refractivity contribution in [3.63, 3.8) is 0 Å². The summed E-state index contributed by atoms with van der Waals surface area (Å²) in [6.45, 7) is 7.34. The molecule has 0 aliphatic heterocycles. The summed E-state index contributed by atoms with van der Waals surface area (Å²) < 4.78 is 1.89. The summed E-state index contributed by atoms with van der Waals surface area (Å²) in [6, 6.07) is 2.45. The summed E-state index contributed by atoms with van der Waals surface area (Å²) in [5, 5.41) is 10.1. The van der Waals surface area contributed by atoms with Gasteiger partial charge in [0.25, 0.3) is 0 Å². The minimum absolute atomic E-state index is 0.272. The van der Waals surface area contributed by atoms with Crippen LogP contribution in [0.1, 0.15) is 34.7 Å². The van der Waals surface area contributed by atoms with Gasteiger partial charge in [0.05, 0.1) is 11.7 Å². The minimum Gasteiger partial charge on any atom is -0.306 e. The number of nitrogens with zero attached hydrogens (tertiary/aromatic N) is 2. The molecule has 0 radical (unpaired) electrons. The largest absolute Gasteiger partial charge is 0.306 e. The van der Waals surface area contributed by atoms with Crippen LogP contribution in [0.2, 0.25) is 0 Å². The topological polar surface area (TPSA) is 29.9 Å². The molecule has 0 bridgehead atoms. The van der Waals surface area contributed by atoms with E-state index in [1.54, 1.807) is 0 Å². The third-order valence-corrected chi connectivity index (χ3v) is 4.02. The predicted octanol–water partition coefficient (Wildman–Crippen LogP) is 2.80. The van der Waals surface area contributed by atoms with Gasteiger partial charge >= 0.3 is 0 Å². The van der Waals surface area contributed by atoms with E-state index in [1.807, 2.05) is 23.1 Å². The second kappa shape index (κ2) is 5.02. The van der Waals surface area contributed by atoms with E-state index in [1.165, 1.54) is 16.0 Å². The first-order valence-electron chi connectivity index (χ1n) is 5.91. The van der Waals surface area contributed by atoms with E-state index >= 15 is 0 Å². The average Bonchev–Trinajstić information content (AvgIpc) is 2.82. The van der Waals surface area contributed by atoms with Crippen LogP contribution in [0, 0.1) is 13.8 Å². The Hall–Kier alpha value is -1.13. The van der Waals surface area contributed by atoms with Crippen molar-refractivity contribution in [1.82, 2.24) is 15.1 Å². The van der Waals surface area contributed by atoms with Gasteiger partial charge in [-0.1, -0.05) is 6.92 Å². The molecule has 3 nitrogen and oxygen atoms in total. The van der Waals surface area contributed by atoms with Gasteiger partial charge in [-0.3, -0.25) is 4.68 Å². The molecule has 2 aromatic rings. The van der Waals surface area contributed by atoms with Gasteiger partial charge in [0.2, 0.25) is 0 Å². The van der Waals surface area contributed by atoms with Crippen LogP contribution in [-0.4, -0.2) is 16.3 Å². The van der Waals surface area contributed by atoms with Crippen LogP contribution >= 0.6 is 11.3 Å². The Kier molecular flexibility index (Phi) is 3.64. The van der Waals surface area contributed by atoms with Crippen LogP contribution in [0.5, 0.6) is 0 Å². The molecule has 0 aliphatic carbocycles. The SMILES string of the molecule is CCNC(c1cn(C)nc1C)c1sccc1C. The maximum atomic E-state index is 4.44. The highest BCUT2D eigenvalue weighted by Gasteiger charge is 2.20. The number of nitrogens with one attached hydrogen (secondary N) is 1. The molecule has 2 heterocycles. The van der Waals surface area contributed by atoms with E-state index < -0.39 is 0 Å². The zero-order valence-corrected chi connectivity index (χ0v) is 11.6. The number of hydrogen-bond acceptors (Lipinski definition) is 3. The normalized spacial score (nSPS) is 12.9. The lowest BCUT2D eigenvalue weighted by Gasteiger charge is -2.17. The van der Waals surface area contributed by atoms with Crippen LogP contribution in [0.3, 0.4) is 0 Å². The maximum absolute atomic E-state index is 4.44. The highest BCUT2D eigenvalue weighted by Crippen LogP contribution is 2.30. The lowest BCUT2D eigenvalue weighted by Crippen LogP contribution is -2.22. The molecule has 0 spiro atoms. The standard InChI is InChI=1S/C13H19N3S/c1-5-14-12(13-9(2)6-7-17-13)11-8-16(4)15-10(11)3/h6-8,12,14H,5H2,1-4H3. The zero-order valence-electron chi connectivity index (χ0n) is 10.8. The smallest absolute Gasteiger partial charge is 0.0707 e. The van der Waals surface area contributed by atoms with Crippen molar-refractivity contribution in [2.24, 2.45) is 7.05 Å². The summed E-state index contributed by atoms with van der Waals surface area (Å²) in [7, 11) is 1.97. The summed E-state index contributed by atoms with van der Waals surface area (Å²) in [6.07, 6.45) is 2.11. The van der Waals surface area contributed by atoms with E-state index in [0.717, 1.165) is 12.2 Å². The quantitative estimate of drug-likeness (QED) is 0.903. The van der Waals surface area contributed by atoms with Gasteiger partial charge in [-0.05, 0) is 37.4 Å². The van der Waals surface area contributed by atoms with Crippen molar-refractivity contribution in [1.29, 1.82) is 0 Å². The van der Waals surface area contributed by atoms with Gasteiger partial charge < -0.3 is 5.32 Å². The average molecular weight is 249 g/mol. The molecule has 2 rings (SSSR count). The van der Waals surface area contributed by atoms with Crippen molar-refractivity contribution < 1.29 is 0 Å². The predicted molar refractivity (Wildman–Crippen MR) is 72.5 cm³/mol. The molecule has 0 aromatic carbocycles. The molecule has 0 saturated carbocycles. The third kappa shape index (κ3) is 2.42. The van der Waals surface area contributed by atoms with E-state index in [9.17, 15) is 0 Å². The molecule has 2 aromatic heterocycles. The molecule has 0 aliphatic rings. The molecular weight excluding hydrogens is 230 g/mol. The zero-order chi connectivity index (χ0) is 12.4. The summed E-state index contributed by atoms with van der Waals surface area (Å²) in [5.41, 5.74) is 3.73. The lowest BCUT2D eigenvalue weighted by atomic mass is 10.0. The Morgan fingerprint density at radius 3 is 2.71 bits per heavy atom. The Labute approximate surface area is 106 Å². The fourth-order valence-electron chi connectivity index (χ4n) is 2.13. The van der Waals surface area contributed by atoms with Crippen molar-refractivity contribution in [2.45, 2.75) is 26.8 Å². The number of aromatic nitrogens is 2. The van der Waals surface area contributed by atoms with Crippen LogP contribution in [0.15, 0.2) is 17.6 Å². The molecule has 4 heteroatoms. The summed E-state index contributed by atoms with van der Waals surface area (Å²) in [5.74, 6) is 0. The fourth-order valence-corrected chi connectivity index (χ4v) is 3.15. The first-order valence-corrected chi connectivity index (χ1v) is 6.79. The monoisotopic (exact) mass is 249 g/mol. The van der Waals surface area contributed by atoms with Crippen molar-refractivity contribution in [2.75, 3.05) is 6.54 Å². The Morgan fingerprint density at radius 2 is 2.24 bits per heavy atom. The molecule has 17 heavy (non-hydrogen) atoms. The second-order valence-corrected chi connectivity index (χ2v) is 5.25. The van der Waals surface area contributed by atoms with Crippen LogP contribution in [0.25, 0.3) is 0 Å². The number of rotatable bonds is 4. The van der Waals surface area contributed by atoms with E-state index in [4.69, 9.17) is 0 Å². The first-order chi connectivity index (χ1) is 8.13. The van der Waals surface area contributed by atoms with E-state index in [-0.39, 0.29) is 6.04 Å². The molecular formula is C13H19N3S. The number of aryl methyl sites for hydroxylation is 3. The molecule has 1 N–H and O–H groups in total. The molecule has 92 valence electrons. The molecule has 0 saturated heterocycles. The van der Waals surface area contributed by atoms with Gasteiger partial charge in [0.15, 0.2) is 0 Å². The van der Waals surface area contributed by atoms with Crippen molar-refractivity contribution in [3.05, 3.63) is 39.3 Å². The van der Waals surface area contributed by atoms with E-state index in [2.05, 4.69) is 48.8 Å². The third-order valence-electron chi connectivity index (χ3n) is 2.93. The Balaban J connectivity index is 2.42. The van der Waals surface area contributed by atoms with Crippen molar-refractivity contribution >= 4 is 11.3 Å². The van der Waals surface area contributed by atoms with Gasteiger partial charge in [0, 0.05) is 23.7 Å². The van der Waals surface area contributed by atoms with Crippen molar-refractivity contribution in [3.8, 4) is 0 Å². The summed E-state index contributed by atoms with van der Waals surface area (Å²) in [4.78, 5) is 1.39. The molecule has 1 atom stereocenters. The molecule has 0 fully saturated rings. The number of thiophene rings is 1. The van der Waals surface area contributed by atoms with Crippen LogP contribution in [0.4, 0.5) is 0 Å². The Morgan fingerprint density at radius 1 is 1.47 bits per heavy atom. The molecule has 1 unspecified atom stereocenters. The minimum atomic E-state index is 0.272. The lowest BCUT2D eigenvalue weighted by molar-refractivity contribution is 0.634. The Bertz CT molecular complexity index is 498. The van der Waals surface area contributed by atoms with Gasteiger partial charge in [-0.25, -0.2) is 0 Å². The summed E-state index contributed by atoms with van der Waals surface area (Å²) >= 11 is 1.81. The molecule has 0 amide bonds. The van der Waals surface area contributed by atoms with Gasteiger partial charge in [0.1, 0.15) is 0 Å². The first kappa shape index (κ1) is 12.3. The van der Waals surface area contributed by atoms with Crippen LogP contribution in [-0.2, 0) is 7.05 Å². The second-order valence-electron chi connectivity index (χ2n) is 4.30. The number of hydrogen-bond donors (Lipinski definition) is 1. The highest BCUT2D eigenvalue weighted by atomic mass is 32.1. The fraction of sp³-hybridized carbons (Fsp3) is 0.462. The maximum Gasteiger partial charge on any atom is 0.0707 e. The van der Waals surface area contributed by atoms with Gasteiger partial charge in [-0.15, -0.1) is 11.3 Å².